The van der Waals surface area contributed by atoms with Gasteiger partial charge in [0.15, 0.2) is 0 Å². The summed E-state index contributed by atoms with van der Waals surface area (Å²) in [6.07, 6.45) is 10.3. The fourth-order valence-corrected chi connectivity index (χ4v) is 8.11. The molecule has 33 heavy (non-hydrogen) atoms. The van der Waals surface area contributed by atoms with E-state index >= 15 is 0 Å². The van der Waals surface area contributed by atoms with Gasteiger partial charge < -0.3 is 4.74 Å². The van der Waals surface area contributed by atoms with Crippen molar-refractivity contribution in [2.75, 3.05) is 0 Å². The van der Waals surface area contributed by atoms with Gasteiger partial charge in [-0.1, -0.05) is 25.5 Å². The normalized spacial score (nSPS) is 36.9. The van der Waals surface area contributed by atoms with E-state index in [1.165, 1.54) is 42.3 Å². The molecule has 0 amide bonds. The standard InChI is InChI=1S/C29H36N2O2/c1-16-12-24-25(13-17(16)2)31-27-26(30-24)15-23-21-7-6-19-14-20(33-18(3)32)8-10-28(19,4)22(21)9-11-29(23,27)5/h6,12-13,20-23H,7-11,14-15H2,1-5H3/t20?,21-,22+,23+,28+,29+/m1/s1. The van der Waals surface area contributed by atoms with E-state index in [1.807, 2.05) is 0 Å². The third kappa shape index (κ3) is 3.05. The van der Waals surface area contributed by atoms with Crippen LogP contribution < -0.4 is 0 Å². The van der Waals surface area contributed by atoms with Crippen molar-refractivity contribution in [1.82, 2.24) is 9.97 Å². The molecule has 6 atom stereocenters. The number of carbonyl (C=O) groups is 1. The summed E-state index contributed by atoms with van der Waals surface area (Å²) in [5.74, 6) is 1.87. The summed E-state index contributed by atoms with van der Waals surface area (Å²) in [5.41, 5.74) is 9.15. The van der Waals surface area contributed by atoms with E-state index in [2.05, 4.69) is 45.9 Å². The Morgan fingerprint density at radius 3 is 2.39 bits per heavy atom. The molecule has 0 spiro atoms. The third-order valence-electron chi connectivity index (χ3n) is 10.1. The van der Waals surface area contributed by atoms with Gasteiger partial charge in [-0.15, -0.1) is 0 Å². The van der Waals surface area contributed by atoms with Crippen LogP contribution in [-0.4, -0.2) is 22.0 Å². The molecule has 4 heteroatoms. The highest BCUT2D eigenvalue weighted by atomic mass is 16.5. The number of benzene rings is 1. The first-order chi connectivity index (χ1) is 15.7. The van der Waals surface area contributed by atoms with Crippen LogP contribution in [0.15, 0.2) is 23.8 Å². The van der Waals surface area contributed by atoms with Crippen LogP contribution in [0.25, 0.3) is 11.0 Å². The van der Waals surface area contributed by atoms with Crippen LogP contribution in [0.4, 0.5) is 0 Å². The topological polar surface area (TPSA) is 52.1 Å². The molecule has 2 fully saturated rings. The molecule has 2 aromatic rings. The average Bonchev–Trinajstić information content (AvgIpc) is 3.05. The van der Waals surface area contributed by atoms with Crippen molar-refractivity contribution in [2.24, 2.45) is 23.2 Å². The SMILES string of the molecule is CC(=O)OC1CC[C@@]2(C)C(=CC[C@@H]3[C@@H]2CC[C@]2(C)c4nc5cc(C)c(C)cc5nc4C[C@@H]32)C1. The van der Waals surface area contributed by atoms with Gasteiger partial charge in [0, 0.05) is 18.8 Å². The van der Waals surface area contributed by atoms with Crippen molar-refractivity contribution in [3.63, 3.8) is 0 Å². The lowest BCUT2D eigenvalue weighted by Crippen LogP contribution is -2.51. The molecular weight excluding hydrogens is 408 g/mol. The fraction of sp³-hybridized carbons (Fsp3) is 0.621. The predicted octanol–water partition coefficient (Wildman–Crippen LogP) is 6.15. The minimum absolute atomic E-state index is 0.0655. The van der Waals surface area contributed by atoms with Crippen LogP contribution >= 0.6 is 0 Å². The lowest BCUT2D eigenvalue weighted by molar-refractivity contribution is -0.148. The average molecular weight is 445 g/mol. The van der Waals surface area contributed by atoms with Crippen molar-refractivity contribution in [2.45, 2.75) is 91.1 Å². The van der Waals surface area contributed by atoms with E-state index in [-0.39, 0.29) is 22.9 Å². The Morgan fingerprint density at radius 1 is 0.970 bits per heavy atom. The van der Waals surface area contributed by atoms with E-state index in [0.29, 0.717) is 17.8 Å². The van der Waals surface area contributed by atoms with Gasteiger partial charge in [0.25, 0.3) is 0 Å². The van der Waals surface area contributed by atoms with Crippen LogP contribution in [-0.2, 0) is 21.4 Å². The molecule has 2 saturated carbocycles. The van der Waals surface area contributed by atoms with E-state index < -0.39 is 0 Å². The molecule has 174 valence electrons. The number of ether oxygens (including phenoxy) is 1. The van der Waals surface area contributed by atoms with Crippen LogP contribution in [0.2, 0.25) is 0 Å². The first kappa shape index (κ1) is 21.3. The van der Waals surface area contributed by atoms with Gasteiger partial charge in [-0.3, -0.25) is 4.79 Å². The molecule has 1 unspecified atom stereocenters. The molecule has 4 aliphatic carbocycles. The van der Waals surface area contributed by atoms with Crippen LogP contribution in [0.1, 0.15) is 81.8 Å². The Labute approximate surface area is 197 Å². The summed E-state index contributed by atoms with van der Waals surface area (Å²) < 4.78 is 5.61. The minimum Gasteiger partial charge on any atom is -0.462 e. The summed E-state index contributed by atoms with van der Waals surface area (Å²) in [7, 11) is 0. The Hall–Kier alpha value is -2.23. The third-order valence-corrected chi connectivity index (χ3v) is 10.1. The first-order valence-electron chi connectivity index (χ1n) is 12.8. The zero-order valence-corrected chi connectivity index (χ0v) is 20.7. The number of hydrogen-bond donors (Lipinski definition) is 0. The number of hydrogen-bond acceptors (Lipinski definition) is 4. The summed E-state index contributed by atoms with van der Waals surface area (Å²) in [4.78, 5) is 22.0. The second-order valence-electron chi connectivity index (χ2n) is 11.8. The molecule has 4 nitrogen and oxygen atoms in total. The molecule has 0 N–H and O–H groups in total. The number of nitrogens with zero attached hydrogens (tertiary/aromatic N) is 2. The number of carbonyl (C=O) groups excluding carboxylic acids is 1. The minimum atomic E-state index is -0.146. The zero-order valence-electron chi connectivity index (χ0n) is 20.7. The van der Waals surface area contributed by atoms with Crippen molar-refractivity contribution < 1.29 is 9.53 Å². The Morgan fingerprint density at radius 2 is 1.67 bits per heavy atom. The van der Waals surface area contributed by atoms with E-state index in [9.17, 15) is 4.79 Å². The van der Waals surface area contributed by atoms with E-state index in [0.717, 1.165) is 43.1 Å². The largest absolute Gasteiger partial charge is 0.462 e. The van der Waals surface area contributed by atoms with Crippen molar-refractivity contribution >= 4 is 17.0 Å². The predicted molar refractivity (Wildman–Crippen MR) is 130 cm³/mol. The highest BCUT2D eigenvalue weighted by molar-refractivity contribution is 5.77. The van der Waals surface area contributed by atoms with E-state index in [4.69, 9.17) is 14.7 Å². The van der Waals surface area contributed by atoms with Crippen LogP contribution in [0.3, 0.4) is 0 Å². The van der Waals surface area contributed by atoms with Gasteiger partial charge in [0.05, 0.1) is 22.4 Å². The van der Waals surface area contributed by atoms with Gasteiger partial charge in [0.1, 0.15) is 6.10 Å². The molecule has 0 radical (unpaired) electrons. The summed E-state index contributed by atoms with van der Waals surface area (Å²) in [6, 6.07) is 4.43. The second kappa shape index (κ2) is 7.13. The Kier molecular flexibility index (Phi) is 4.61. The van der Waals surface area contributed by atoms with Gasteiger partial charge in [-0.25, -0.2) is 9.97 Å². The van der Waals surface area contributed by atoms with Gasteiger partial charge in [-0.2, -0.15) is 0 Å². The molecule has 4 aliphatic rings. The molecule has 6 rings (SSSR count). The summed E-state index contributed by atoms with van der Waals surface area (Å²) >= 11 is 0. The van der Waals surface area contributed by atoms with Gasteiger partial charge in [0.2, 0.25) is 0 Å². The lowest BCUT2D eigenvalue weighted by Gasteiger charge is -2.57. The Bertz CT molecular complexity index is 1200. The highest BCUT2D eigenvalue weighted by Gasteiger charge is 2.58. The Balaban J connectivity index is 1.35. The summed E-state index contributed by atoms with van der Waals surface area (Å²) in [6.45, 7) is 10.8. The molecule has 0 bridgehead atoms. The number of rotatable bonds is 1. The zero-order chi connectivity index (χ0) is 23.1. The van der Waals surface area contributed by atoms with Crippen molar-refractivity contribution in [3.8, 4) is 0 Å². The second-order valence-corrected chi connectivity index (χ2v) is 11.8. The maximum Gasteiger partial charge on any atom is 0.302 e. The number of allylic oxidation sites excluding steroid dienone is 1. The molecule has 1 aromatic heterocycles. The highest BCUT2D eigenvalue weighted by Crippen LogP contribution is 2.64. The molecule has 1 aromatic carbocycles. The van der Waals surface area contributed by atoms with Crippen molar-refractivity contribution in [3.05, 3.63) is 46.3 Å². The van der Waals surface area contributed by atoms with Crippen LogP contribution in [0.5, 0.6) is 0 Å². The number of esters is 1. The lowest BCUT2D eigenvalue weighted by atomic mass is 9.48. The molecule has 0 aliphatic heterocycles. The smallest absolute Gasteiger partial charge is 0.302 e. The number of aryl methyl sites for hydroxylation is 2. The molecule has 1 heterocycles. The van der Waals surface area contributed by atoms with Crippen molar-refractivity contribution in [1.29, 1.82) is 0 Å². The number of aromatic nitrogens is 2. The molecular formula is C29H36N2O2. The van der Waals surface area contributed by atoms with Gasteiger partial charge >= 0.3 is 5.97 Å². The fourth-order valence-electron chi connectivity index (χ4n) is 8.11. The van der Waals surface area contributed by atoms with Gasteiger partial charge in [-0.05, 0) is 98.8 Å². The molecule has 0 saturated heterocycles. The van der Waals surface area contributed by atoms with E-state index in [1.54, 1.807) is 5.57 Å². The first-order valence-corrected chi connectivity index (χ1v) is 12.8. The number of fused-ring (bicyclic) bond motifs is 8. The monoisotopic (exact) mass is 444 g/mol. The van der Waals surface area contributed by atoms with Crippen LogP contribution in [0, 0.1) is 37.0 Å². The summed E-state index contributed by atoms with van der Waals surface area (Å²) in [5, 5.41) is 0. The maximum absolute atomic E-state index is 11.5. The maximum atomic E-state index is 11.5. The quantitative estimate of drug-likeness (QED) is 0.391.